The summed E-state index contributed by atoms with van der Waals surface area (Å²) in [5.74, 6) is 0.462. The van der Waals surface area contributed by atoms with E-state index in [0.29, 0.717) is 33.5 Å². The lowest BCUT2D eigenvalue weighted by molar-refractivity contribution is -0.113. The molecule has 4 rings (SSSR count). The molecule has 1 amide bonds. The molecule has 0 unspecified atom stereocenters. The highest BCUT2D eigenvalue weighted by Crippen LogP contribution is 2.29. The van der Waals surface area contributed by atoms with Crippen molar-refractivity contribution in [1.29, 1.82) is 0 Å². The van der Waals surface area contributed by atoms with Crippen molar-refractivity contribution in [2.45, 2.75) is 31.0 Å². The molecule has 1 saturated heterocycles. The van der Waals surface area contributed by atoms with Gasteiger partial charge in [0.25, 0.3) is 5.56 Å². The van der Waals surface area contributed by atoms with Crippen LogP contribution in [0.2, 0.25) is 0 Å². The van der Waals surface area contributed by atoms with E-state index in [1.54, 1.807) is 29.9 Å². The van der Waals surface area contributed by atoms with Crippen molar-refractivity contribution in [2.75, 3.05) is 36.2 Å². The van der Waals surface area contributed by atoms with Gasteiger partial charge in [0.2, 0.25) is 5.91 Å². The van der Waals surface area contributed by atoms with Gasteiger partial charge in [0.1, 0.15) is 10.4 Å². The van der Waals surface area contributed by atoms with Gasteiger partial charge in [0, 0.05) is 19.6 Å². The molecule has 10 heteroatoms. The number of allylic oxidation sites excluding steroid dienone is 1. The SMILES string of the molecule is C=CCn1c(SCC(=O)Nc2ccccc2OC)nc2nc(N3CCCCC3)sc2c1=O. The van der Waals surface area contributed by atoms with Crippen LogP contribution in [0.15, 0.2) is 46.9 Å². The minimum Gasteiger partial charge on any atom is -0.495 e. The molecule has 8 nitrogen and oxygen atoms in total. The maximum absolute atomic E-state index is 13.2. The number of aromatic nitrogens is 3. The maximum atomic E-state index is 13.2. The zero-order valence-electron chi connectivity index (χ0n) is 17.9. The summed E-state index contributed by atoms with van der Waals surface area (Å²) < 4.78 is 7.36. The molecule has 3 aromatic rings. The summed E-state index contributed by atoms with van der Waals surface area (Å²) in [5, 5.41) is 4.13. The van der Waals surface area contributed by atoms with Crippen LogP contribution in [0.25, 0.3) is 10.3 Å². The minimum absolute atomic E-state index is 0.0935. The Morgan fingerprint density at radius 2 is 2.06 bits per heavy atom. The second-order valence-electron chi connectivity index (χ2n) is 7.33. The molecule has 1 N–H and O–H groups in total. The van der Waals surface area contributed by atoms with E-state index in [0.717, 1.165) is 31.1 Å². The van der Waals surface area contributed by atoms with Gasteiger partial charge in [0.05, 0.1) is 18.6 Å². The number of hydrogen-bond donors (Lipinski definition) is 1. The molecule has 1 fully saturated rings. The third-order valence-corrected chi connectivity index (χ3v) is 7.19. The van der Waals surface area contributed by atoms with Gasteiger partial charge >= 0.3 is 0 Å². The number of para-hydroxylation sites is 2. The first-order valence-corrected chi connectivity index (χ1v) is 12.2. The lowest BCUT2D eigenvalue weighted by Crippen LogP contribution is -2.29. The Morgan fingerprint density at radius 1 is 1.28 bits per heavy atom. The summed E-state index contributed by atoms with van der Waals surface area (Å²) in [5.41, 5.74) is 0.884. The van der Waals surface area contributed by atoms with E-state index in [4.69, 9.17) is 4.74 Å². The van der Waals surface area contributed by atoms with Crippen molar-refractivity contribution < 1.29 is 9.53 Å². The van der Waals surface area contributed by atoms with Crippen LogP contribution >= 0.6 is 23.1 Å². The fourth-order valence-electron chi connectivity index (χ4n) is 3.56. The molecule has 32 heavy (non-hydrogen) atoms. The van der Waals surface area contributed by atoms with Crippen molar-refractivity contribution in [1.82, 2.24) is 14.5 Å². The van der Waals surface area contributed by atoms with Crippen molar-refractivity contribution in [2.24, 2.45) is 0 Å². The number of nitrogens with one attached hydrogen (secondary N) is 1. The average Bonchev–Trinajstić information content (AvgIpc) is 3.25. The Hall–Kier alpha value is -2.85. The number of piperidine rings is 1. The number of thioether (sulfide) groups is 1. The third-order valence-electron chi connectivity index (χ3n) is 5.12. The molecule has 0 radical (unpaired) electrons. The molecule has 1 aliphatic rings. The van der Waals surface area contributed by atoms with E-state index in [9.17, 15) is 9.59 Å². The second-order valence-corrected chi connectivity index (χ2v) is 9.25. The van der Waals surface area contributed by atoms with Crippen molar-refractivity contribution in [3.63, 3.8) is 0 Å². The fourth-order valence-corrected chi connectivity index (χ4v) is 5.36. The number of benzene rings is 1. The number of ether oxygens (including phenoxy) is 1. The zero-order valence-corrected chi connectivity index (χ0v) is 19.5. The van der Waals surface area contributed by atoms with E-state index in [1.165, 1.54) is 29.5 Å². The second kappa shape index (κ2) is 10.2. The van der Waals surface area contributed by atoms with E-state index in [1.807, 2.05) is 12.1 Å². The Morgan fingerprint density at radius 3 is 2.81 bits per heavy atom. The summed E-state index contributed by atoms with van der Waals surface area (Å²) in [4.78, 5) is 37.2. The third kappa shape index (κ3) is 4.81. The Bertz CT molecular complexity index is 1180. The summed E-state index contributed by atoms with van der Waals surface area (Å²) in [6.07, 6.45) is 5.14. The van der Waals surface area contributed by atoms with Gasteiger partial charge in [-0.2, -0.15) is 4.98 Å². The first-order valence-electron chi connectivity index (χ1n) is 10.4. The lowest BCUT2D eigenvalue weighted by atomic mass is 10.1. The molecular weight excluding hydrogens is 446 g/mol. The van der Waals surface area contributed by atoms with Gasteiger partial charge in [-0.25, -0.2) is 4.98 Å². The summed E-state index contributed by atoms with van der Waals surface area (Å²) in [7, 11) is 1.55. The average molecular weight is 472 g/mol. The number of anilines is 2. The molecular formula is C22H25N5O3S2. The van der Waals surface area contributed by atoms with Gasteiger partial charge in [0.15, 0.2) is 15.9 Å². The summed E-state index contributed by atoms with van der Waals surface area (Å²) in [6, 6.07) is 7.21. The number of rotatable bonds is 8. The molecule has 3 heterocycles. The van der Waals surface area contributed by atoms with Crippen LogP contribution in [0.4, 0.5) is 10.8 Å². The van der Waals surface area contributed by atoms with E-state index in [-0.39, 0.29) is 17.2 Å². The van der Waals surface area contributed by atoms with Crippen molar-refractivity contribution in [3.8, 4) is 5.75 Å². The lowest BCUT2D eigenvalue weighted by Gasteiger charge is -2.25. The number of amides is 1. The van der Waals surface area contributed by atoms with Crippen LogP contribution in [0.3, 0.4) is 0 Å². The van der Waals surface area contributed by atoms with Gasteiger partial charge in [-0.05, 0) is 31.4 Å². The van der Waals surface area contributed by atoms with Crippen LogP contribution in [-0.2, 0) is 11.3 Å². The van der Waals surface area contributed by atoms with Crippen molar-refractivity contribution in [3.05, 3.63) is 47.3 Å². The summed E-state index contributed by atoms with van der Waals surface area (Å²) >= 11 is 2.60. The number of hydrogen-bond acceptors (Lipinski definition) is 8. The Kier molecular flexibility index (Phi) is 7.11. The zero-order chi connectivity index (χ0) is 22.5. The van der Waals surface area contributed by atoms with Crippen LogP contribution in [0, 0.1) is 0 Å². The van der Waals surface area contributed by atoms with E-state index in [2.05, 4.69) is 26.8 Å². The number of thiazole rings is 1. The number of fused-ring (bicyclic) bond motifs is 1. The van der Waals surface area contributed by atoms with Gasteiger partial charge in [-0.1, -0.05) is 41.3 Å². The largest absolute Gasteiger partial charge is 0.495 e. The Balaban J connectivity index is 1.56. The van der Waals surface area contributed by atoms with Gasteiger partial charge in [-0.3, -0.25) is 14.2 Å². The first kappa shape index (κ1) is 22.3. The van der Waals surface area contributed by atoms with E-state index >= 15 is 0 Å². The Labute approximate surface area is 194 Å². The molecule has 0 atom stereocenters. The quantitative estimate of drug-likeness (QED) is 0.304. The molecule has 168 valence electrons. The number of nitrogens with zero attached hydrogens (tertiary/aromatic N) is 4. The highest BCUT2D eigenvalue weighted by atomic mass is 32.2. The smallest absolute Gasteiger partial charge is 0.274 e. The molecule has 2 aromatic heterocycles. The predicted octanol–water partition coefficient (Wildman–Crippen LogP) is 3.77. The highest BCUT2D eigenvalue weighted by Gasteiger charge is 2.20. The maximum Gasteiger partial charge on any atom is 0.274 e. The van der Waals surface area contributed by atoms with Gasteiger partial charge < -0.3 is 15.0 Å². The van der Waals surface area contributed by atoms with E-state index < -0.39 is 0 Å². The minimum atomic E-state index is -0.216. The van der Waals surface area contributed by atoms with Crippen LogP contribution in [0.1, 0.15) is 19.3 Å². The predicted molar refractivity (Wildman–Crippen MR) is 130 cm³/mol. The molecule has 0 aliphatic carbocycles. The monoisotopic (exact) mass is 471 g/mol. The fraction of sp³-hybridized carbons (Fsp3) is 0.364. The molecule has 1 aliphatic heterocycles. The van der Waals surface area contributed by atoms with Crippen LogP contribution < -0.4 is 20.5 Å². The van der Waals surface area contributed by atoms with Crippen molar-refractivity contribution >= 4 is 50.2 Å². The standard InChI is InChI=1S/C22H25N5O3S2/c1-3-11-27-20(29)18-19(24-21(32-18)26-12-7-4-8-13-26)25-22(27)31-14-17(28)23-15-9-5-6-10-16(15)30-2/h3,5-6,9-10H,1,4,7-8,11-14H2,2H3,(H,23,28). The van der Waals surface area contributed by atoms with Crippen LogP contribution in [-0.4, -0.2) is 46.4 Å². The normalized spacial score (nSPS) is 13.8. The van der Waals surface area contributed by atoms with Gasteiger partial charge in [-0.15, -0.1) is 6.58 Å². The molecule has 0 saturated carbocycles. The highest BCUT2D eigenvalue weighted by molar-refractivity contribution is 7.99. The molecule has 1 aromatic carbocycles. The summed E-state index contributed by atoms with van der Waals surface area (Å²) in [6.45, 7) is 5.97. The molecule has 0 bridgehead atoms. The number of carbonyl (C=O) groups is 1. The molecule has 0 spiro atoms. The number of methoxy groups -OCH3 is 1. The topological polar surface area (TPSA) is 89.3 Å². The first-order chi connectivity index (χ1) is 15.6. The van der Waals surface area contributed by atoms with Crippen LogP contribution in [0.5, 0.6) is 5.75 Å². The number of carbonyl (C=O) groups excluding carboxylic acids is 1.